The van der Waals surface area contributed by atoms with Crippen LogP contribution in [0, 0.1) is 0 Å². The summed E-state index contributed by atoms with van der Waals surface area (Å²) in [7, 11) is 0. The minimum atomic E-state index is -0.0751. The van der Waals surface area contributed by atoms with Gasteiger partial charge in [0, 0.05) is 33.3 Å². The van der Waals surface area contributed by atoms with Crippen LogP contribution in [0.3, 0.4) is 0 Å². The third-order valence-electron chi connectivity index (χ3n) is 10.5. The van der Waals surface area contributed by atoms with Gasteiger partial charge in [0.05, 0.1) is 16.7 Å². The van der Waals surface area contributed by atoms with Gasteiger partial charge in [-0.1, -0.05) is 154 Å². The fourth-order valence-electron chi connectivity index (χ4n) is 7.71. The molecule has 260 valence electrons. The molecule has 0 unspecified atom stereocenters. The van der Waals surface area contributed by atoms with Gasteiger partial charge in [-0.2, -0.15) is 0 Å². The molecule has 2 heteroatoms. The quantitative estimate of drug-likeness (QED) is 0.176. The van der Waals surface area contributed by atoms with Crippen LogP contribution >= 0.6 is 0 Å². The van der Waals surface area contributed by atoms with Crippen LogP contribution in [0.15, 0.2) is 194 Å². The Morgan fingerprint density at radius 2 is 0.870 bits per heavy atom. The number of aromatic nitrogens is 1. The summed E-state index contributed by atoms with van der Waals surface area (Å²) < 4.78 is 2.37. The van der Waals surface area contributed by atoms with E-state index < -0.39 is 0 Å². The number of rotatable bonds is 7. The van der Waals surface area contributed by atoms with Gasteiger partial charge < -0.3 is 9.88 Å². The molecule has 1 aromatic heterocycles. The zero-order chi connectivity index (χ0) is 36.6. The Morgan fingerprint density at radius 3 is 1.44 bits per heavy atom. The minimum absolute atomic E-state index is 0.0751. The van der Waals surface area contributed by atoms with E-state index in [0.717, 1.165) is 17.1 Å². The lowest BCUT2D eigenvalue weighted by Crippen LogP contribution is -2.12. The van der Waals surface area contributed by atoms with Crippen molar-refractivity contribution in [3.63, 3.8) is 0 Å². The van der Waals surface area contributed by atoms with E-state index in [1.807, 2.05) is 0 Å². The molecule has 9 aromatic rings. The Morgan fingerprint density at radius 1 is 0.389 bits per heavy atom. The Kier molecular flexibility index (Phi) is 8.44. The van der Waals surface area contributed by atoms with E-state index in [1.54, 1.807) is 0 Å². The maximum atomic E-state index is 4.03. The van der Waals surface area contributed by atoms with Gasteiger partial charge in [0.2, 0.25) is 0 Å². The molecule has 8 aromatic carbocycles. The first-order chi connectivity index (χ1) is 26.4. The molecule has 1 N–H and O–H groups in total. The van der Waals surface area contributed by atoms with Crippen LogP contribution in [0.25, 0.3) is 72.0 Å². The fraction of sp³-hybridized carbons (Fsp3) is 0.0769. The molecule has 0 aliphatic carbocycles. The maximum absolute atomic E-state index is 4.03. The van der Waals surface area contributed by atoms with Crippen molar-refractivity contribution in [1.29, 1.82) is 0 Å². The van der Waals surface area contributed by atoms with Crippen LogP contribution < -0.4 is 5.32 Å². The van der Waals surface area contributed by atoms with Crippen molar-refractivity contribution in [3.05, 3.63) is 200 Å². The van der Waals surface area contributed by atoms with E-state index in [1.165, 1.54) is 71.9 Å². The predicted octanol–water partition coefficient (Wildman–Crippen LogP) is 14.5. The molecule has 0 aliphatic rings. The number of para-hydroxylation sites is 2. The largest absolute Gasteiger partial charge is 0.354 e. The number of anilines is 2. The molecule has 9 rings (SSSR count). The Hall–Kier alpha value is -6.64. The summed E-state index contributed by atoms with van der Waals surface area (Å²) in [5.41, 5.74) is 16.4. The lowest BCUT2D eigenvalue weighted by molar-refractivity contribution is 0.591. The van der Waals surface area contributed by atoms with Gasteiger partial charge >= 0.3 is 0 Å². The zero-order valence-electron chi connectivity index (χ0n) is 30.9. The predicted molar refractivity (Wildman–Crippen MR) is 231 cm³/mol. The van der Waals surface area contributed by atoms with E-state index in [0.29, 0.717) is 0 Å². The summed E-state index contributed by atoms with van der Waals surface area (Å²) >= 11 is 0. The highest BCUT2D eigenvalue weighted by atomic mass is 15.0. The summed E-state index contributed by atoms with van der Waals surface area (Å²) in [6.07, 6.45) is 0. The zero-order valence-corrected chi connectivity index (χ0v) is 30.9. The number of hydrogen-bond donors (Lipinski definition) is 1. The first-order valence-corrected chi connectivity index (χ1v) is 18.8. The van der Waals surface area contributed by atoms with Gasteiger partial charge in [-0.15, -0.1) is 0 Å². The highest BCUT2D eigenvalue weighted by molar-refractivity contribution is 6.10. The Bertz CT molecular complexity index is 2650. The van der Waals surface area contributed by atoms with Crippen molar-refractivity contribution < 1.29 is 0 Å². The van der Waals surface area contributed by atoms with Crippen LogP contribution in [-0.4, -0.2) is 4.57 Å². The number of nitrogens with zero attached hydrogens (tertiary/aromatic N) is 1. The normalized spacial score (nSPS) is 11.6. The highest BCUT2D eigenvalue weighted by Gasteiger charge is 2.22. The van der Waals surface area contributed by atoms with E-state index >= 15 is 0 Å². The summed E-state index contributed by atoms with van der Waals surface area (Å²) in [5.74, 6) is 0. The van der Waals surface area contributed by atoms with Crippen molar-refractivity contribution in [2.45, 2.75) is 26.2 Å². The van der Waals surface area contributed by atoms with Gasteiger partial charge in [0.1, 0.15) is 0 Å². The lowest BCUT2D eigenvalue weighted by atomic mass is 9.81. The second-order valence-corrected chi connectivity index (χ2v) is 15.1. The third kappa shape index (κ3) is 6.27. The molecule has 0 radical (unpaired) electrons. The first kappa shape index (κ1) is 33.2. The van der Waals surface area contributed by atoms with Gasteiger partial charge in [0.15, 0.2) is 0 Å². The van der Waals surface area contributed by atoms with E-state index in [2.05, 4.69) is 225 Å². The molecule has 0 fully saturated rings. The molecular formula is C52H42N2. The molecule has 0 aliphatic heterocycles. The maximum Gasteiger partial charge on any atom is 0.0543 e. The molecule has 0 amide bonds. The van der Waals surface area contributed by atoms with Crippen molar-refractivity contribution in [2.75, 3.05) is 5.32 Å². The van der Waals surface area contributed by atoms with E-state index in [-0.39, 0.29) is 5.41 Å². The molecule has 0 saturated heterocycles. The number of benzene rings is 8. The number of fused-ring (bicyclic) bond motifs is 3. The van der Waals surface area contributed by atoms with Crippen molar-refractivity contribution in [1.82, 2.24) is 4.57 Å². The van der Waals surface area contributed by atoms with E-state index in [4.69, 9.17) is 0 Å². The molecule has 2 nitrogen and oxygen atoms in total. The number of nitrogens with one attached hydrogen (secondary N) is 1. The topological polar surface area (TPSA) is 17.0 Å². The van der Waals surface area contributed by atoms with Gasteiger partial charge in [-0.25, -0.2) is 0 Å². The third-order valence-corrected chi connectivity index (χ3v) is 10.5. The van der Waals surface area contributed by atoms with Crippen LogP contribution in [0.5, 0.6) is 0 Å². The van der Waals surface area contributed by atoms with Crippen molar-refractivity contribution >= 4 is 33.2 Å². The molecule has 0 atom stereocenters. The molecule has 0 spiro atoms. The minimum Gasteiger partial charge on any atom is -0.354 e. The second-order valence-electron chi connectivity index (χ2n) is 15.1. The molecule has 1 heterocycles. The first-order valence-electron chi connectivity index (χ1n) is 18.8. The van der Waals surface area contributed by atoms with Crippen LogP contribution in [-0.2, 0) is 5.41 Å². The number of hydrogen-bond acceptors (Lipinski definition) is 1. The molecule has 54 heavy (non-hydrogen) atoms. The van der Waals surface area contributed by atoms with Gasteiger partial charge in [0.25, 0.3) is 0 Å². The van der Waals surface area contributed by atoms with Gasteiger partial charge in [-0.05, 0) is 105 Å². The second kappa shape index (κ2) is 13.7. The smallest absolute Gasteiger partial charge is 0.0543 e. The highest BCUT2D eigenvalue weighted by Crippen LogP contribution is 2.45. The summed E-state index contributed by atoms with van der Waals surface area (Å²) in [6, 6.07) is 70.3. The van der Waals surface area contributed by atoms with Crippen molar-refractivity contribution in [2.24, 2.45) is 0 Å². The Balaban J connectivity index is 1.28. The van der Waals surface area contributed by atoms with E-state index in [9.17, 15) is 0 Å². The lowest BCUT2D eigenvalue weighted by Gasteiger charge is -2.26. The average molecular weight is 695 g/mol. The molecule has 0 bridgehead atoms. The van der Waals surface area contributed by atoms with Crippen LogP contribution in [0.1, 0.15) is 26.3 Å². The standard InChI is InChI=1S/C52H42N2/c1-52(2,3)42-33-46(40-23-15-21-38(31-40)36-17-7-4-8-18-36)51(47(34-42)41-24-16-22-39(32-41)37-19-9-5-10-20-37)53-43-29-30-50-48(35-43)45-27-13-14-28-49(45)54(50)44-25-11-6-12-26-44/h4-35,53H,1-3H3. The molecular weight excluding hydrogens is 653 g/mol. The van der Waals surface area contributed by atoms with Crippen molar-refractivity contribution in [3.8, 4) is 50.2 Å². The summed E-state index contributed by atoms with van der Waals surface area (Å²) in [5, 5.41) is 6.48. The average Bonchev–Trinajstić information content (AvgIpc) is 3.55. The Labute approximate surface area is 318 Å². The van der Waals surface area contributed by atoms with Crippen LogP contribution in [0.2, 0.25) is 0 Å². The summed E-state index contributed by atoms with van der Waals surface area (Å²) in [6.45, 7) is 6.92. The monoisotopic (exact) mass is 694 g/mol. The van der Waals surface area contributed by atoms with Gasteiger partial charge in [-0.3, -0.25) is 0 Å². The van der Waals surface area contributed by atoms with Crippen LogP contribution in [0.4, 0.5) is 11.4 Å². The fourth-order valence-corrected chi connectivity index (χ4v) is 7.71. The summed E-state index contributed by atoms with van der Waals surface area (Å²) in [4.78, 5) is 0. The molecule has 0 saturated carbocycles. The SMILES string of the molecule is CC(C)(C)c1cc(-c2cccc(-c3ccccc3)c2)c(Nc2ccc3c(c2)c2ccccc2n3-c2ccccc2)c(-c2cccc(-c3ccccc3)c2)c1.